The van der Waals surface area contributed by atoms with Gasteiger partial charge in [-0.1, -0.05) is 11.6 Å². The van der Waals surface area contributed by atoms with Gasteiger partial charge in [0.05, 0.1) is 0 Å². The van der Waals surface area contributed by atoms with E-state index in [0.29, 0.717) is 11.0 Å². The molecule has 1 fully saturated rings. The molecule has 0 spiro atoms. The zero-order valence-electron chi connectivity index (χ0n) is 14.2. The predicted molar refractivity (Wildman–Crippen MR) is 99.8 cm³/mol. The van der Waals surface area contributed by atoms with Crippen molar-refractivity contribution in [2.45, 2.75) is 0 Å². The molecule has 0 N–H and O–H groups in total. The molecular formula is C17H19ClN6O. The van der Waals surface area contributed by atoms with Crippen LogP contribution in [0.5, 0.6) is 0 Å². The van der Waals surface area contributed by atoms with Crippen molar-refractivity contribution >= 4 is 40.5 Å². The van der Waals surface area contributed by atoms with Crippen molar-refractivity contribution in [1.82, 2.24) is 15.0 Å². The first-order valence-electron chi connectivity index (χ1n) is 8.16. The minimum Gasteiger partial charge on any atom is -0.423 e. The van der Waals surface area contributed by atoms with E-state index in [-0.39, 0.29) is 0 Å². The van der Waals surface area contributed by atoms with Crippen molar-refractivity contribution in [3.8, 4) is 0 Å². The summed E-state index contributed by atoms with van der Waals surface area (Å²) in [5, 5.41) is 0.664. The topological polar surface area (TPSA) is 61.5 Å². The lowest BCUT2D eigenvalue weighted by Gasteiger charge is -2.34. The number of nitrogens with zero attached hydrogens (tertiary/aromatic N) is 6. The third kappa shape index (κ3) is 3.19. The highest BCUT2D eigenvalue weighted by atomic mass is 35.5. The first-order valence-corrected chi connectivity index (χ1v) is 8.54. The molecule has 0 unspecified atom stereocenters. The average Bonchev–Trinajstić information content (AvgIpc) is 3.05. The normalized spacial score (nSPS) is 15.0. The van der Waals surface area contributed by atoms with Crippen LogP contribution in [0, 0.1) is 0 Å². The molecule has 3 heterocycles. The maximum Gasteiger partial charge on any atom is 0.298 e. The van der Waals surface area contributed by atoms with Crippen LogP contribution in [0.2, 0.25) is 5.02 Å². The second-order valence-corrected chi connectivity index (χ2v) is 6.63. The van der Waals surface area contributed by atoms with E-state index in [4.69, 9.17) is 16.0 Å². The molecule has 8 heteroatoms. The number of piperazine rings is 1. The quantitative estimate of drug-likeness (QED) is 0.713. The van der Waals surface area contributed by atoms with Gasteiger partial charge in [-0.05, 0) is 24.3 Å². The highest BCUT2D eigenvalue weighted by Crippen LogP contribution is 2.26. The summed E-state index contributed by atoms with van der Waals surface area (Å²) in [7, 11) is 3.88. The fraction of sp³-hybridized carbons (Fsp3) is 0.353. The van der Waals surface area contributed by atoms with E-state index in [1.807, 2.05) is 43.3 Å². The number of anilines is 3. The van der Waals surface area contributed by atoms with Crippen molar-refractivity contribution in [3.63, 3.8) is 0 Å². The summed E-state index contributed by atoms with van der Waals surface area (Å²) in [5.41, 5.74) is 1.55. The number of halogens is 1. The average molecular weight is 359 g/mol. The minimum absolute atomic E-state index is 0.647. The standard InChI is InChI=1S/C17H19ClN6O/c1-22(2)16-19-6-5-15(21-16)23-7-9-24(10-8-23)17-20-13-11-12(18)3-4-14(13)25-17/h3-6,11H,7-10H2,1-2H3. The summed E-state index contributed by atoms with van der Waals surface area (Å²) in [6.45, 7) is 3.34. The molecule has 0 radical (unpaired) electrons. The van der Waals surface area contributed by atoms with Crippen LogP contribution in [-0.4, -0.2) is 55.2 Å². The van der Waals surface area contributed by atoms with Gasteiger partial charge in [0.25, 0.3) is 6.01 Å². The molecule has 1 aromatic carbocycles. The van der Waals surface area contributed by atoms with Gasteiger partial charge in [0, 0.05) is 51.5 Å². The van der Waals surface area contributed by atoms with Gasteiger partial charge < -0.3 is 19.1 Å². The molecule has 0 amide bonds. The summed E-state index contributed by atoms with van der Waals surface area (Å²) < 4.78 is 5.86. The Kier molecular flexibility index (Phi) is 4.09. The predicted octanol–water partition coefficient (Wildman–Crippen LogP) is 2.66. The SMILES string of the molecule is CN(C)c1nccc(N2CCN(c3nc4cc(Cl)ccc4o3)CC2)n1. The van der Waals surface area contributed by atoms with Gasteiger partial charge >= 0.3 is 0 Å². The Labute approximate surface area is 150 Å². The molecule has 1 aliphatic heterocycles. The van der Waals surface area contributed by atoms with Gasteiger partial charge in [-0.3, -0.25) is 0 Å². The molecule has 0 saturated carbocycles. The van der Waals surface area contributed by atoms with E-state index < -0.39 is 0 Å². The summed E-state index contributed by atoms with van der Waals surface area (Å²) in [4.78, 5) is 19.7. The van der Waals surface area contributed by atoms with Crippen LogP contribution >= 0.6 is 11.6 Å². The molecule has 3 aromatic rings. The zero-order chi connectivity index (χ0) is 17.4. The largest absolute Gasteiger partial charge is 0.423 e. The van der Waals surface area contributed by atoms with Gasteiger partial charge in [-0.25, -0.2) is 4.98 Å². The van der Waals surface area contributed by atoms with Crippen LogP contribution in [0.1, 0.15) is 0 Å². The smallest absolute Gasteiger partial charge is 0.298 e. The van der Waals surface area contributed by atoms with E-state index in [9.17, 15) is 0 Å². The molecule has 7 nitrogen and oxygen atoms in total. The van der Waals surface area contributed by atoms with Crippen LogP contribution < -0.4 is 14.7 Å². The summed E-state index contributed by atoms with van der Waals surface area (Å²) in [6.07, 6.45) is 1.80. The van der Waals surface area contributed by atoms with E-state index >= 15 is 0 Å². The first kappa shape index (κ1) is 16.0. The second-order valence-electron chi connectivity index (χ2n) is 6.19. The number of oxazole rings is 1. The van der Waals surface area contributed by atoms with Crippen molar-refractivity contribution in [3.05, 3.63) is 35.5 Å². The fourth-order valence-electron chi connectivity index (χ4n) is 2.88. The van der Waals surface area contributed by atoms with E-state index in [0.717, 1.165) is 49.0 Å². The number of fused-ring (bicyclic) bond motifs is 1. The Bertz CT molecular complexity index is 888. The van der Waals surface area contributed by atoms with Crippen molar-refractivity contribution in [2.75, 3.05) is 55.0 Å². The second kappa shape index (κ2) is 6.40. The molecule has 25 heavy (non-hydrogen) atoms. The molecule has 2 aromatic heterocycles. The molecule has 0 atom stereocenters. The Balaban J connectivity index is 1.48. The van der Waals surface area contributed by atoms with Crippen molar-refractivity contribution in [2.24, 2.45) is 0 Å². The van der Waals surface area contributed by atoms with Crippen LogP contribution in [0.25, 0.3) is 11.1 Å². The summed E-state index contributed by atoms with van der Waals surface area (Å²) >= 11 is 6.02. The summed E-state index contributed by atoms with van der Waals surface area (Å²) in [6, 6.07) is 8.09. The highest BCUT2D eigenvalue weighted by Gasteiger charge is 2.22. The number of hydrogen-bond donors (Lipinski definition) is 0. The van der Waals surface area contributed by atoms with Crippen LogP contribution in [-0.2, 0) is 0 Å². The third-order valence-electron chi connectivity index (χ3n) is 4.24. The highest BCUT2D eigenvalue weighted by molar-refractivity contribution is 6.31. The lowest BCUT2D eigenvalue weighted by Crippen LogP contribution is -2.47. The Morgan fingerprint density at radius 2 is 1.80 bits per heavy atom. The van der Waals surface area contributed by atoms with Crippen LogP contribution in [0.4, 0.5) is 17.8 Å². The van der Waals surface area contributed by atoms with E-state index in [2.05, 4.69) is 24.8 Å². The minimum atomic E-state index is 0.647. The Morgan fingerprint density at radius 3 is 2.56 bits per heavy atom. The molecule has 1 saturated heterocycles. The Hall–Kier alpha value is -2.54. The van der Waals surface area contributed by atoms with E-state index in [1.54, 1.807) is 6.20 Å². The fourth-order valence-corrected chi connectivity index (χ4v) is 3.05. The molecule has 130 valence electrons. The molecule has 1 aliphatic rings. The van der Waals surface area contributed by atoms with Crippen molar-refractivity contribution in [1.29, 1.82) is 0 Å². The summed E-state index contributed by atoms with van der Waals surface area (Å²) in [5.74, 6) is 1.67. The number of rotatable bonds is 3. The van der Waals surface area contributed by atoms with Gasteiger partial charge in [-0.2, -0.15) is 9.97 Å². The van der Waals surface area contributed by atoms with Gasteiger partial charge in [0.2, 0.25) is 5.95 Å². The number of hydrogen-bond acceptors (Lipinski definition) is 7. The molecular weight excluding hydrogens is 340 g/mol. The lowest BCUT2D eigenvalue weighted by atomic mass is 10.3. The van der Waals surface area contributed by atoms with Crippen molar-refractivity contribution < 1.29 is 4.42 Å². The molecule has 0 bridgehead atoms. The number of aromatic nitrogens is 3. The third-order valence-corrected chi connectivity index (χ3v) is 4.48. The van der Waals surface area contributed by atoms with Gasteiger partial charge in [0.15, 0.2) is 5.58 Å². The molecule has 0 aliphatic carbocycles. The Morgan fingerprint density at radius 1 is 1.04 bits per heavy atom. The lowest BCUT2D eigenvalue weighted by molar-refractivity contribution is 0.540. The first-order chi connectivity index (χ1) is 12.1. The maximum atomic E-state index is 6.02. The van der Waals surface area contributed by atoms with Gasteiger partial charge in [-0.15, -0.1) is 0 Å². The van der Waals surface area contributed by atoms with E-state index in [1.165, 1.54) is 0 Å². The number of benzene rings is 1. The zero-order valence-corrected chi connectivity index (χ0v) is 14.9. The van der Waals surface area contributed by atoms with Crippen LogP contribution in [0.15, 0.2) is 34.9 Å². The maximum absolute atomic E-state index is 6.02. The monoisotopic (exact) mass is 358 g/mol. The van der Waals surface area contributed by atoms with Crippen LogP contribution in [0.3, 0.4) is 0 Å². The molecule has 4 rings (SSSR count). The van der Waals surface area contributed by atoms with Gasteiger partial charge in [0.1, 0.15) is 11.3 Å².